The molecule has 0 fully saturated rings. The van der Waals surface area contributed by atoms with Gasteiger partial charge in [0.15, 0.2) is 0 Å². The molecule has 0 unspecified atom stereocenters. The van der Waals surface area contributed by atoms with E-state index in [0.29, 0.717) is 0 Å². The Labute approximate surface area is 57.5 Å². The second-order valence-corrected chi connectivity index (χ2v) is 0.682. The summed E-state index contributed by atoms with van der Waals surface area (Å²) in [6.07, 6.45) is 0. The fraction of sp³-hybridized carbons (Fsp3) is 0.714. The van der Waals surface area contributed by atoms with Crippen molar-refractivity contribution in [1.29, 1.82) is 0 Å². The van der Waals surface area contributed by atoms with E-state index in [0.717, 1.165) is 0 Å². The number of hydrogen-bond donors (Lipinski definition) is 0. The third-order valence-corrected chi connectivity index (χ3v) is 0.281. The summed E-state index contributed by atoms with van der Waals surface area (Å²) in [7, 11) is 1.47. The molecule has 0 aromatic rings. The van der Waals surface area contributed by atoms with Gasteiger partial charge in [0.2, 0.25) is 0 Å². The standard InChI is InChI=1S/C3H7FO.C2H6.C2H4/c1-5-3-2-4;2*1-2/h2-3H2,1H3;1-2H3;1-2H2/i4-1;;. The molecule has 0 aromatic carbocycles. The van der Waals surface area contributed by atoms with E-state index in [-0.39, 0.29) is 13.3 Å². The van der Waals surface area contributed by atoms with E-state index in [1.165, 1.54) is 7.11 Å². The number of ether oxygens (including phenoxy) is 1. The summed E-state index contributed by atoms with van der Waals surface area (Å²) < 4.78 is 15.2. The Balaban J connectivity index is -0.0000000771. The summed E-state index contributed by atoms with van der Waals surface area (Å²) in [5.74, 6) is 0. The largest absolute Gasteiger partial charge is 0.382 e. The lowest BCUT2D eigenvalue weighted by atomic mass is 10.8. The molecule has 0 amide bonds. The molecule has 0 atom stereocenters. The molecule has 0 bridgehead atoms. The van der Waals surface area contributed by atoms with Crippen molar-refractivity contribution < 1.29 is 9.13 Å². The summed E-state index contributed by atoms with van der Waals surface area (Å²) in [5, 5.41) is 0. The molecule has 0 aliphatic heterocycles. The smallest absolute Gasteiger partial charge is 0.113 e. The number of methoxy groups -OCH3 is 1. The van der Waals surface area contributed by atoms with Crippen molar-refractivity contribution in [2.24, 2.45) is 0 Å². The average Bonchev–Trinajstić information content (AvgIpc) is 1.98. The predicted molar refractivity (Wildman–Crippen MR) is 40.5 cm³/mol. The van der Waals surface area contributed by atoms with Gasteiger partial charge >= 0.3 is 0 Å². The van der Waals surface area contributed by atoms with Crippen LogP contribution in [0.25, 0.3) is 0 Å². The van der Waals surface area contributed by atoms with Crippen molar-refractivity contribution in [3.63, 3.8) is 0 Å². The van der Waals surface area contributed by atoms with Crippen molar-refractivity contribution in [3.05, 3.63) is 13.2 Å². The number of rotatable bonds is 2. The van der Waals surface area contributed by atoms with Crippen molar-refractivity contribution in [3.8, 4) is 0 Å². The fourth-order valence-corrected chi connectivity index (χ4v) is 0.0772. The number of hydrogen-bond acceptors (Lipinski definition) is 1. The van der Waals surface area contributed by atoms with Crippen molar-refractivity contribution in [2.45, 2.75) is 13.8 Å². The third-order valence-electron chi connectivity index (χ3n) is 0.281. The highest BCUT2D eigenvalue weighted by molar-refractivity contribution is 4.22. The fourth-order valence-electron chi connectivity index (χ4n) is 0.0772. The van der Waals surface area contributed by atoms with Crippen LogP contribution in [0.5, 0.6) is 0 Å². The van der Waals surface area contributed by atoms with E-state index in [2.05, 4.69) is 17.9 Å². The maximum atomic E-state index is 10.9. The first-order valence-electron chi connectivity index (χ1n) is 2.96. The molecular weight excluding hydrogens is 118 g/mol. The summed E-state index contributed by atoms with van der Waals surface area (Å²) in [6.45, 7) is 9.84. The Morgan fingerprint density at radius 1 is 1.33 bits per heavy atom. The van der Waals surface area contributed by atoms with Gasteiger partial charge in [0.1, 0.15) is 6.67 Å². The molecular formula is C7H17FO. The van der Waals surface area contributed by atoms with Crippen LogP contribution in [0.15, 0.2) is 13.2 Å². The second kappa shape index (κ2) is 48.5. The molecule has 0 saturated heterocycles. The molecule has 0 N–H and O–H groups in total. The van der Waals surface area contributed by atoms with Gasteiger partial charge < -0.3 is 4.74 Å². The molecule has 1 nitrogen and oxygen atoms in total. The van der Waals surface area contributed by atoms with Crippen molar-refractivity contribution in [1.82, 2.24) is 0 Å². The van der Waals surface area contributed by atoms with Crippen LogP contribution in [-0.4, -0.2) is 20.4 Å². The quantitative estimate of drug-likeness (QED) is 0.528. The Hall–Kier alpha value is -0.370. The van der Waals surface area contributed by atoms with Crippen molar-refractivity contribution >= 4 is 0 Å². The summed E-state index contributed by atoms with van der Waals surface area (Å²) in [4.78, 5) is 0. The molecule has 2 heteroatoms. The Morgan fingerprint density at radius 2 is 1.67 bits per heavy atom. The molecule has 0 spiro atoms. The van der Waals surface area contributed by atoms with Gasteiger partial charge in [-0.3, -0.25) is 0 Å². The monoisotopic (exact) mass is 135 g/mol. The lowest BCUT2D eigenvalue weighted by Crippen LogP contribution is -1.86. The number of halogens is 1. The molecule has 9 heavy (non-hydrogen) atoms. The van der Waals surface area contributed by atoms with E-state index >= 15 is 0 Å². The summed E-state index contributed by atoms with van der Waals surface area (Å²) in [5.41, 5.74) is 0. The van der Waals surface area contributed by atoms with E-state index < -0.39 is 0 Å². The van der Waals surface area contributed by atoms with Gasteiger partial charge in [-0.2, -0.15) is 0 Å². The van der Waals surface area contributed by atoms with Gasteiger partial charge in [-0.05, 0) is 0 Å². The van der Waals surface area contributed by atoms with Crippen molar-refractivity contribution in [2.75, 3.05) is 20.4 Å². The average molecular weight is 135 g/mol. The summed E-state index contributed by atoms with van der Waals surface area (Å²) >= 11 is 0. The molecule has 0 radical (unpaired) electrons. The molecule has 58 valence electrons. The first-order valence-corrected chi connectivity index (χ1v) is 2.96. The third kappa shape index (κ3) is 91.0. The second-order valence-electron chi connectivity index (χ2n) is 0.682. The first-order chi connectivity index (χ1) is 4.41. The van der Waals surface area contributed by atoms with E-state index in [1.807, 2.05) is 13.8 Å². The molecule has 0 saturated carbocycles. The number of alkyl halides is 1. The van der Waals surface area contributed by atoms with Gasteiger partial charge in [-0.15, -0.1) is 13.2 Å². The molecule has 0 aliphatic carbocycles. The van der Waals surface area contributed by atoms with Crippen LogP contribution >= 0.6 is 0 Å². The van der Waals surface area contributed by atoms with Crippen LogP contribution in [-0.2, 0) is 4.74 Å². The van der Waals surface area contributed by atoms with Crippen LogP contribution in [0.2, 0.25) is 0 Å². The zero-order chi connectivity index (χ0) is 8.12. The first kappa shape index (κ1) is 15.9. The van der Waals surface area contributed by atoms with Crippen LogP contribution < -0.4 is 0 Å². The van der Waals surface area contributed by atoms with E-state index in [4.69, 9.17) is 0 Å². The Morgan fingerprint density at radius 3 is 1.67 bits per heavy atom. The zero-order valence-electron chi connectivity index (χ0n) is 6.61. The van der Waals surface area contributed by atoms with Crippen LogP contribution in [0.4, 0.5) is 4.39 Å². The minimum Gasteiger partial charge on any atom is -0.382 e. The predicted octanol–water partition coefficient (Wildman–Crippen LogP) is 2.43. The topological polar surface area (TPSA) is 9.23 Å². The molecule has 0 heterocycles. The van der Waals surface area contributed by atoms with Gasteiger partial charge in [0.05, 0.1) is 6.61 Å². The van der Waals surface area contributed by atoms with Gasteiger partial charge in [-0.1, -0.05) is 13.8 Å². The van der Waals surface area contributed by atoms with Crippen LogP contribution in [0.3, 0.4) is 0 Å². The maximum Gasteiger partial charge on any atom is 0.113 e. The normalized spacial score (nSPS) is 5.78. The summed E-state index contributed by atoms with van der Waals surface area (Å²) in [6, 6.07) is 0. The van der Waals surface area contributed by atoms with Gasteiger partial charge in [0, 0.05) is 7.11 Å². The molecule has 0 aliphatic rings. The zero-order valence-corrected chi connectivity index (χ0v) is 6.61. The van der Waals surface area contributed by atoms with Crippen LogP contribution in [0.1, 0.15) is 13.8 Å². The molecule has 0 rings (SSSR count). The van der Waals surface area contributed by atoms with E-state index in [1.54, 1.807) is 0 Å². The highest BCUT2D eigenvalue weighted by Crippen LogP contribution is 1.64. The van der Waals surface area contributed by atoms with Crippen LogP contribution in [0, 0.1) is 0 Å². The lowest BCUT2D eigenvalue weighted by molar-refractivity contribution is 0.175. The van der Waals surface area contributed by atoms with Gasteiger partial charge in [0.25, 0.3) is 0 Å². The highest BCUT2D eigenvalue weighted by Gasteiger charge is 1.69. The SMILES string of the molecule is C=C.CC.COCC[18F]. The van der Waals surface area contributed by atoms with Gasteiger partial charge in [-0.25, -0.2) is 4.39 Å². The highest BCUT2D eigenvalue weighted by atomic mass is 18.2. The molecule has 0 aromatic heterocycles. The Kier molecular flexibility index (Phi) is 85.4. The lowest BCUT2D eigenvalue weighted by Gasteiger charge is -1.82. The maximum absolute atomic E-state index is 10.9. The van der Waals surface area contributed by atoms with E-state index in [9.17, 15) is 4.39 Å². The minimum absolute atomic E-state index is 0.222. The Bertz CT molecular complexity index is 22.9. The minimum atomic E-state index is -0.378.